The minimum absolute atomic E-state index is 0.00493. The predicted octanol–water partition coefficient (Wildman–Crippen LogP) is 3.31. The molecule has 9 heteroatoms. The lowest BCUT2D eigenvalue weighted by Gasteiger charge is -2.34. The van der Waals surface area contributed by atoms with E-state index in [9.17, 15) is 22.8 Å². The lowest BCUT2D eigenvalue weighted by molar-refractivity contribution is -0.137. The highest BCUT2D eigenvalue weighted by Gasteiger charge is 2.31. The minimum Gasteiger partial charge on any atom is -0.378 e. The van der Waals surface area contributed by atoms with Crippen molar-refractivity contribution in [1.29, 1.82) is 0 Å². The molecule has 2 aromatic carbocycles. The number of Topliss-reactive ketones (excluding diaryl/α,β-unsaturated/α-hetero) is 1. The average Bonchev–Trinajstić information content (AvgIpc) is 2.82. The Morgan fingerprint density at radius 3 is 2.35 bits per heavy atom. The molecule has 184 valence electrons. The van der Waals surface area contributed by atoms with Gasteiger partial charge in [0.05, 0.1) is 18.2 Å². The van der Waals surface area contributed by atoms with Gasteiger partial charge in [-0.15, -0.1) is 0 Å². The summed E-state index contributed by atoms with van der Waals surface area (Å²) in [6.45, 7) is 2.15. The standard InChI is InChI=1S/C25H31F3N4O2/c1-31(2)21-8-6-17(7-9-21)16-32-12-10-18(11-13-32)23(29)22(33)15-30-24(34)19-4-3-5-20(14-19)25(26,27)28/h3-9,14,18,23H,10-13,15-16,29H2,1-2H3,(H,30,34). The number of ketones is 1. The SMILES string of the molecule is CN(C)c1ccc(CN2CCC(C(N)C(=O)CNC(=O)c3cccc(C(F)(F)F)c3)CC2)cc1. The summed E-state index contributed by atoms with van der Waals surface area (Å²) in [7, 11) is 4.00. The number of nitrogens with two attached hydrogens (primary N) is 1. The Bertz CT molecular complexity index is 984. The van der Waals surface area contributed by atoms with Gasteiger partial charge in [0.15, 0.2) is 5.78 Å². The fraction of sp³-hybridized carbons (Fsp3) is 0.440. The van der Waals surface area contributed by atoms with Crippen LogP contribution in [0.25, 0.3) is 0 Å². The summed E-state index contributed by atoms with van der Waals surface area (Å²) >= 11 is 0. The minimum atomic E-state index is -4.54. The smallest absolute Gasteiger partial charge is 0.378 e. The zero-order valence-corrected chi connectivity index (χ0v) is 19.4. The van der Waals surface area contributed by atoms with Gasteiger partial charge in [0.25, 0.3) is 5.91 Å². The van der Waals surface area contributed by atoms with Crippen LogP contribution in [-0.2, 0) is 17.5 Å². The van der Waals surface area contributed by atoms with Crippen LogP contribution in [0.3, 0.4) is 0 Å². The summed E-state index contributed by atoms with van der Waals surface area (Å²) in [5, 5.41) is 2.40. The summed E-state index contributed by atoms with van der Waals surface area (Å²) in [4.78, 5) is 29.1. The molecule has 34 heavy (non-hydrogen) atoms. The maximum atomic E-state index is 12.8. The van der Waals surface area contributed by atoms with Gasteiger partial charge in [0.2, 0.25) is 0 Å². The van der Waals surface area contributed by atoms with Crippen LogP contribution in [-0.4, -0.2) is 56.4 Å². The number of alkyl halides is 3. The third-order valence-corrected chi connectivity index (χ3v) is 6.25. The molecule has 0 spiro atoms. The van der Waals surface area contributed by atoms with Gasteiger partial charge < -0.3 is 16.0 Å². The summed E-state index contributed by atoms with van der Waals surface area (Å²) < 4.78 is 38.5. The maximum Gasteiger partial charge on any atom is 0.416 e. The molecule has 1 aliphatic rings. The molecule has 0 bridgehead atoms. The van der Waals surface area contributed by atoms with E-state index in [4.69, 9.17) is 5.73 Å². The first kappa shape index (κ1) is 25.7. The van der Waals surface area contributed by atoms with Gasteiger partial charge in [-0.3, -0.25) is 14.5 Å². The molecule has 3 N–H and O–H groups in total. The molecule has 2 aromatic rings. The highest BCUT2D eigenvalue weighted by atomic mass is 19.4. The third-order valence-electron chi connectivity index (χ3n) is 6.25. The number of anilines is 1. The zero-order valence-electron chi connectivity index (χ0n) is 19.4. The Hall–Kier alpha value is -2.91. The van der Waals surface area contributed by atoms with Gasteiger partial charge >= 0.3 is 6.18 Å². The summed E-state index contributed by atoms with van der Waals surface area (Å²) in [5.74, 6) is -1.05. The maximum absolute atomic E-state index is 12.8. The number of hydrogen-bond acceptors (Lipinski definition) is 5. The number of nitrogens with zero attached hydrogens (tertiary/aromatic N) is 2. The Labute approximate surface area is 197 Å². The molecule has 0 saturated carbocycles. The number of halogens is 3. The molecule has 3 rings (SSSR count). The van der Waals surface area contributed by atoms with E-state index in [0.29, 0.717) is 0 Å². The molecular formula is C25H31F3N4O2. The van der Waals surface area contributed by atoms with Gasteiger partial charge in [0.1, 0.15) is 0 Å². The van der Waals surface area contributed by atoms with Gasteiger partial charge in [-0.05, 0) is 67.7 Å². The van der Waals surface area contributed by atoms with Crippen molar-refractivity contribution in [2.75, 3.05) is 38.6 Å². The molecule has 1 atom stereocenters. The second-order valence-electron chi connectivity index (χ2n) is 8.93. The predicted molar refractivity (Wildman–Crippen MR) is 126 cm³/mol. The van der Waals surface area contributed by atoms with Crippen LogP contribution >= 0.6 is 0 Å². The number of rotatable bonds is 8. The Balaban J connectivity index is 1.45. The van der Waals surface area contributed by atoms with Gasteiger partial charge in [-0.2, -0.15) is 13.2 Å². The summed E-state index contributed by atoms with van der Waals surface area (Å²) in [5.41, 5.74) is 7.47. The summed E-state index contributed by atoms with van der Waals surface area (Å²) in [6.07, 6.45) is -3.01. The topological polar surface area (TPSA) is 78.7 Å². The van der Waals surface area contributed by atoms with Crippen molar-refractivity contribution in [3.63, 3.8) is 0 Å². The molecule has 1 fully saturated rings. The van der Waals surface area contributed by atoms with Crippen molar-refractivity contribution in [2.24, 2.45) is 11.7 Å². The fourth-order valence-electron chi connectivity index (χ4n) is 4.11. The van der Waals surface area contributed by atoms with Crippen molar-refractivity contribution in [3.8, 4) is 0 Å². The van der Waals surface area contributed by atoms with Crippen molar-refractivity contribution >= 4 is 17.4 Å². The summed E-state index contributed by atoms with van der Waals surface area (Å²) in [6, 6.07) is 11.8. The molecule has 0 aromatic heterocycles. The first-order valence-electron chi connectivity index (χ1n) is 11.3. The highest BCUT2D eigenvalue weighted by molar-refractivity contribution is 5.97. The molecule has 1 aliphatic heterocycles. The number of hydrogen-bond donors (Lipinski definition) is 2. The van der Waals surface area contributed by atoms with E-state index in [1.165, 1.54) is 11.6 Å². The van der Waals surface area contributed by atoms with Crippen molar-refractivity contribution in [2.45, 2.75) is 31.6 Å². The lowest BCUT2D eigenvalue weighted by atomic mass is 9.87. The number of carbonyl (C=O) groups is 2. The van der Waals surface area contributed by atoms with Crippen LogP contribution in [0, 0.1) is 5.92 Å². The second-order valence-corrected chi connectivity index (χ2v) is 8.93. The normalized spacial score (nSPS) is 16.2. The van der Waals surface area contributed by atoms with Gasteiger partial charge in [-0.1, -0.05) is 18.2 Å². The van der Waals surface area contributed by atoms with E-state index in [2.05, 4.69) is 39.4 Å². The number of benzene rings is 2. The number of nitrogens with one attached hydrogen (secondary N) is 1. The second kappa shape index (κ2) is 11.0. The lowest BCUT2D eigenvalue weighted by Crippen LogP contribution is -2.47. The monoisotopic (exact) mass is 476 g/mol. The Morgan fingerprint density at radius 2 is 1.76 bits per heavy atom. The van der Waals surface area contributed by atoms with E-state index in [-0.39, 0.29) is 23.8 Å². The van der Waals surface area contributed by atoms with Crippen molar-refractivity contribution in [1.82, 2.24) is 10.2 Å². The molecule has 1 saturated heterocycles. The van der Waals surface area contributed by atoms with Crippen LogP contribution in [0.15, 0.2) is 48.5 Å². The van der Waals surface area contributed by atoms with Crippen LogP contribution < -0.4 is 16.0 Å². The largest absolute Gasteiger partial charge is 0.416 e. The number of amides is 1. The van der Waals surface area contributed by atoms with E-state index in [1.54, 1.807) is 0 Å². The van der Waals surface area contributed by atoms with Gasteiger partial charge in [-0.25, -0.2) is 0 Å². The molecule has 1 unspecified atom stereocenters. The fourth-order valence-corrected chi connectivity index (χ4v) is 4.11. The number of piperidine rings is 1. The number of carbonyl (C=O) groups excluding carboxylic acids is 2. The third kappa shape index (κ3) is 6.80. The molecular weight excluding hydrogens is 445 g/mol. The van der Waals surface area contributed by atoms with E-state index >= 15 is 0 Å². The molecule has 0 radical (unpaired) electrons. The first-order chi connectivity index (χ1) is 16.0. The van der Waals surface area contributed by atoms with Crippen LogP contribution in [0.4, 0.5) is 18.9 Å². The molecule has 1 amide bonds. The van der Waals surface area contributed by atoms with Crippen molar-refractivity contribution in [3.05, 3.63) is 65.2 Å². The van der Waals surface area contributed by atoms with E-state index in [0.717, 1.165) is 56.4 Å². The van der Waals surface area contributed by atoms with E-state index < -0.39 is 23.7 Å². The van der Waals surface area contributed by atoms with E-state index in [1.807, 2.05) is 14.1 Å². The molecule has 6 nitrogen and oxygen atoms in total. The van der Waals surface area contributed by atoms with Crippen LogP contribution in [0.2, 0.25) is 0 Å². The van der Waals surface area contributed by atoms with Crippen LogP contribution in [0.5, 0.6) is 0 Å². The average molecular weight is 477 g/mol. The molecule has 1 heterocycles. The Kier molecular flexibility index (Phi) is 8.33. The number of likely N-dealkylation sites (tertiary alicyclic amines) is 1. The van der Waals surface area contributed by atoms with Crippen LogP contribution in [0.1, 0.15) is 34.3 Å². The molecule has 0 aliphatic carbocycles. The van der Waals surface area contributed by atoms with Gasteiger partial charge in [0, 0.05) is 31.9 Å². The highest BCUT2D eigenvalue weighted by Crippen LogP contribution is 2.29. The quantitative estimate of drug-likeness (QED) is 0.611. The Morgan fingerprint density at radius 1 is 1.12 bits per heavy atom. The van der Waals surface area contributed by atoms with Crippen molar-refractivity contribution < 1.29 is 22.8 Å². The zero-order chi connectivity index (χ0) is 24.9. The first-order valence-corrected chi connectivity index (χ1v) is 11.3.